The number of piperidine rings is 2. The Morgan fingerprint density at radius 2 is 2.11 bits per heavy atom. The molecule has 19 heavy (non-hydrogen) atoms. The predicted octanol–water partition coefficient (Wildman–Crippen LogP) is -0.214. The molecule has 0 aromatic heterocycles. The molecule has 1 amide bonds. The zero-order valence-electron chi connectivity index (χ0n) is 12.1. The Kier molecular flexibility index (Phi) is 6.07. The number of likely N-dealkylation sites (N-methyl/N-ethyl adjacent to an activating group) is 1. The number of nitrogens with zero attached hydrogens (tertiary/aromatic N) is 1. The van der Waals surface area contributed by atoms with Crippen molar-refractivity contribution >= 4 is 5.91 Å². The summed E-state index contributed by atoms with van der Waals surface area (Å²) in [5.41, 5.74) is 0. The minimum atomic E-state index is 0.125. The monoisotopic (exact) mass is 268 g/mol. The van der Waals surface area contributed by atoms with E-state index in [1.807, 2.05) is 0 Å². The van der Waals surface area contributed by atoms with Crippen LogP contribution in [0.15, 0.2) is 0 Å². The Morgan fingerprint density at radius 3 is 2.74 bits per heavy atom. The molecule has 1 unspecified atom stereocenters. The van der Waals surface area contributed by atoms with Gasteiger partial charge in [0.1, 0.15) is 0 Å². The highest BCUT2D eigenvalue weighted by atomic mass is 16.1. The summed E-state index contributed by atoms with van der Waals surface area (Å²) in [6.07, 6.45) is 5.00. The second kappa shape index (κ2) is 7.82. The van der Waals surface area contributed by atoms with E-state index >= 15 is 0 Å². The summed E-state index contributed by atoms with van der Waals surface area (Å²) in [5.74, 6) is 0.928. The molecule has 0 bridgehead atoms. The smallest absolute Gasteiger partial charge is 0.233 e. The number of carbonyl (C=O) groups is 1. The number of amides is 1. The molecule has 0 spiro atoms. The zero-order valence-corrected chi connectivity index (χ0v) is 12.1. The van der Waals surface area contributed by atoms with Gasteiger partial charge < -0.3 is 16.0 Å². The van der Waals surface area contributed by atoms with E-state index in [0.717, 1.165) is 38.4 Å². The molecule has 2 heterocycles. The van der Waals surface area contributed by atoms with E-state index in [1.54, 1.807) is 7.05 Å². The van der Waals surface area contributed by atoms with Crippen molar-refractivity contribution in [1.29, 1.82) is 0 Å². The van der Waals surface area contributed by atoms with E-state index in [1.165, 1.54) is 25.9 Å². The average Bonchev–Trinajstić information content (AvgIpc) is 2.47. The summed E-state index contributed by atoms with van der Waals surface area (Å²) in [6.45, 7) is 6.13. The van der Waals surface area contributed by atoms with Gasteiger partial charge in [-0.2, -0.15) is 0 Å². The third kappa shape index (κ3) is 5.09. The van der Waals surface area contributed by atoms with Gasteiger partial charge >= 0.3 is 0 Å². The summed E-state index contributed by atoms with van der Waals surface area (Å²) in [7, 11) is 1.70. The second-order valence-electron chi connectivity index (χ2n) is 5.84. The van der Waals surface area contributed by atoms with Crippen molar-refractivity contribution in [2.24, 2.45) is 5.92 Å². The van der Waals surface area contributed by atoms with E-state index in [4.69, 9.17) is 0 Å². The largest absolute Gasteiger partial charge is 0.358 e. The summed E-state index contributed by atoms with van der Waals surface area (Å²) < 4.78 is 0. The highest BCUT2D eigenvalue weighted by Gasteiger charge is 2.21. The highest BCUT2D eigenvalue weighted by Crippen LogP contribution is 2.13. The van der Waals surface area contributed by atoms with Crippen LogP contribution in [0.25, 0.3) is 0 Å². The minimum absolute atomic E-state index is 0.125. The third-order valence-electron chi connectivity index (χ3n) is 4.33. The fourth-order valence-corrected chi connectivity index (χ4v) is 3.01. The first-order chi connectivity index (χ1) is 9.28. The van der Waals surface area contributed by atoms with E-state index < -0.39 is 0 Å². The first kappa shape index (κ1) is 14.8. The fourth-order valence-electron chi connectivity index (χ4n) is 3.01. The molecule has 2 saturated heterocycles. The molecule has 1 atom stereocenters. The number of hydrogen-bond donors (Lipinski definition) is 3. The lowest BCUT2D eigenvalue weighted by atomic mass is 9.98. The van der Waals surface area contributed by atoms with Gasteiger partial charge in [0, 0.05) is 26.2 Å². The van der Waals surface area contributed by atoms with Gasteiger partial charge in [0.2, 0.25) is 5.91 Å². The molecule has 110 valence electrons. The van der Waals surface area contributed by atoms with Crippen LogP contribution >= 0.6 is 0 Å². The van der Waals surface area contributed by atoms with Gasteiger partial charge in [0.05, 0.1) is 6.54 Å². The van der Waals surface area contributed by atoms with Crippen molar-refractivity contribution in [2.45, 2.75) is 31.7 Å². The highest BCUT2D eigenvalue weighted by molar-refractivity contribution is 5.77. The number of rotatable bonds is 5. The second-order valence-corrected chi connectivity index (χ2v) is 5.84. The Labute approximate surface area is 116 Å². The third-order valence-corrected chi connectivity index (χ3v) is 4.33. The lowest BCUT2D eigenvalue weighted by Gasteiger charge is -2.33. The summed E-state index contributed by atoms with van der Waals surface area (Å²) in [4.78, 5) is 13.6. The topological polar surface area (TPSA) is 56.4 Å². The molecule has 0 aromatic rings. The molecular formula is C14H28N4O. The lowest BCUT2D eigenvalue weighted by Crippen LogP contribution is -2.47. The van der Waals surface area contributed by atoms with Crippen LogP contribution in [0.1, 0.15) is 25.7 Å². The van der Waals surface area contributed by atoms with Crippen molar-refractivity contribution in [2.75, 3.05) is 46.3 Å². The molecule has 2 rings (SSSR count). The van der Waals surface area contributed by atoms with Gasteiger partial charge in [0.25, 0.3) is 0 Å². The van der Waals surface area contributed by atoms with E-state index in [9.17, 15) is 4.79 Å². The Balaban J connectivity index is 1.59. The normalized spacial score (nSPS) is 26.3. The summed E-state index contributed by atoms with van der Waals surface area (Å²) in [5, 5.41) is 9.87. The van der Waals surface area contributed by atoms with Crippen LogP contribution in [-0.2, 0) is 4.79 Å². The maximum Gasteiger partial charge on any atom is 0.233 e. The number of likely N-dealkylation sites (tertiary alicyclic amines) is 1. The van der Waals surface area contributed by atoms with E-state index in [0.29, 0.717) is 12.6 Å². The van der Waals surface area contributed by atoms with Crippen LogP contribution in [-0.4, -0.2) is 63.2 Å². The molecule has 2 aliphatic heterocycles. The molecule has 0 aromatic carbocycles. The molecule has 0 saturated carbocycles. The Bertz CT molecular complexity index is 271. The molecule has 2 fully saturated rings. The predicted molar refractivity (Wildman–Crippen MR) is 77.1 cm³/mol. The van der Waals surface area contributed by atoms with Crippen molar-refractivity contribution in [3.8, 4) is 0 Å². The first-order valence-corrected chi connectivity index (χ1v) is 7.65. The quantitative estimate of drug-likeness (QED) is 0.646. The van der Waals surface area contributed by atoms with Crippen LogP contribution in [0.2, 0.25) is 0 Å². The lowest BCUT2D eigenvalue weighted by molar-refractivity contribution is -0.122. The summed E-state index contributed by atoms with van der Waals surface area (Å²) >= 11 is 0. The molecule has 3 N–H and O–H groups in total. The maximum absolute atomic E-state index is 11.3. The molecule has 5 nitrogen and oxygen atoms in total. The molecule has 0 radical (unpaired) electrons. The van der Waals surface area contributed by atoms with Crippen LogP contribution in [0, 0.1) is 5.92 Å². The molecule has 0 aliphatic carbocycles. The van der Waals surface area contributed by atoms with Gasteiger partial charge in [0.15, 0.2) is 0 Å². The van der Waals surface area contributed by atoms with E-state index in [-0.39, 0.29) is 5.91 Å². The molecule has 5 heteroatoms. The molecular weight excluding hydrogens is 240 g/mol. The maximum atomic E-state index is 11.3. The Hall–Kier alpha value is -0.650. The van der Waals surface area contributed by atoms with Gasteiger partial charge in [-0.05, 0) is 51.2 Å². The van der Waals surface area contributed by atoms with Gasteiger partial charge in [-0.3, -0.25) is 9.69 Å². The number of hydrogen-bond acceptors (Lipinski definition) is 4. The van der Waals surface area contributed by atoms with Crippen LogP contribution < -0.4 is 16.0 Å². The number of nitrogens with one attached hydrogen (secondary N) is 3. The van der Waals surface area contributed by atoms with Crippen molar-refractivity contribution < 1.29 is 4.79 Å². The van der Waals surface area contributed by atoms with Crippen molar-refractivity contribution in [3.05, 3.63) is 0 Å². The van der Waals surface area contributed by atoms with Gasteiger partial charge in [-0.15, -0.1) is 0 Å². The number of carbonyl (C=O) groups excluding carboxylic acids is 1. The van der Waals surface area contributed by atoms with Crippen LogP contribution in [0.5, 0.6) is 0 Å². The first-order valence-electron chi connectivity index (χ1n) is 7.65. The summed E-state index contributed by atoms with van der Waals surface area (Å²) in [6, 6.07) is 0.642. The van der Waals surface area contributed by atoms with Gasteiger partial charge in [-0.1, -0.05) is 0 Å². The van der Waals surface area contributed by atoms with Gasteiger partial charge in [-0.25, -0.2) is 0 Å². The standard InChI is InChI=1S/C14H28N4O/c1-15-14(19)11-18-7-4-13(5-8-18)17-10-12-3-2-6-16-9-12/h12-13,16-17H,2-11H2,1H3,(H,15,19). The van der Waals surface area contributed by atoms with Crippen molar-refractivity contribution in [1.82, 2.24) is 20.9 Å². The molecule has 2 aliphatic rings. The fraction of sp³-hybridized carbons (Fsp3) is 0.929. The Morgan fingerprint density at radius 1 is 1.32 bits per heavy atom. The minimum Gasteiger partial charge on any atom is -0.358 e. The van der Waals surface area contributed by atoms with Crippen LogP contribution in [0.4, 0.5) is 0 Å². The zero-order chi connectivity index (χ0) is 13.5. The van der Waals surface area contributed by atoms with E-state index in [2.05, 4.69) is 20.9 Å². The average molecular weight is 268 g/mol. The SMILES string of the molecule is CNC(=O)CN1CCC(NCC2CCCNC2)CC1. The van der Waals surface area contributed by atoms with Crippen LogP contribution in [0.3, 0.4) is 0 Å². The van der Waals surface area contributed by atoms with Crippen molar-refractivity contribution in [3.63, 3.8) is 0 Å².